The summed E-state index contributed by atoms with van der Waals surface area (Å²) in [5, 5.41) is 0. The van der Waals surface area contributed by atoms with Crippen LogP contribution in [0.5, 0.6) is 0 Å². The van der Waals surface area contributed by atoms with E-state index in [4.69, 9.17) is 8.44 Å². The van der Waals surface area contributed by atoms with Crippen LogP contribution >= 0.6 is 0 Å². The Hall–Kier alpha value is 0.786. The van der Waals surface area contributed by atoms with E-state index in [2.05, 4.69) is 77.0 Å². The van der Waals surface area contributed by atoms with Crippen molar-refractivity contribution in [1.29, 1.82) is 0 Å². The van der Waals surface area contributed by atoms with E-state index in [-0.39, 0.29) is 0 Å². The van der Waals surface area contributed by atoms with Gasteiger partial charge in [0.25, 0.3) is 0 Å². The van der Waals surface area contributed by atoms with Crippen molar-refractivity contribution in [3.8, 4) is 0 Å². The van der Waals surface area contributed by atoms with Crippen LogP contribution in [-0.2, 0) is 26.0 Å². The zero-order valence-corrected chi connectivity index (χ0v) is 22.6. The summed E-state index contributed by atoms with van der Waals surface area (Å²) in [6, 6.07) is 0. The Bertz CT molecular complexity index is 456. The van der Waals surface area contributed by atoms with E-state index in [0.29, 0.717) is 17.8 Å². The van der Waals surface area contributed by atoms with E-state index < -0.39 is 27.1 Å². The first-order valence-electron chi connectivity index (χ1n) is 9.88. The molecule has 1 rings (SSSR count). The van der Waals surface area contributed by atoms with Crippen LogP contribution in [0.2, 0.25) is 17.3 Å². The summed E-state index contributed by atoms with van der Waals surface area (Å²) in [4.78, 5) is 0. The first-order valence-corrected chi connectivity index (χ1v) is 27.9. The van der Waals surface area contributed by atoms with Gasteiger partial charge in [0, 0.05) is 0 Å². The molecule has 0 aliphatic heterocycles. The average molecular weight is 493 g/mol. The van der Waals surface area contributed by atoms with Gasteiger partial charge in [0.05, 0.1) is 0 Å². The zero-order valence-electron chi connectivity index (χ0n) is 18.0. The maximum atomic E-state index is 6.97. The molecule has 147 valence electrons. The minimum absolute atomic E-state index is 0.470. The Labute approximate surface area is 159 Å². The van der Waals surface area contributed by atoms with Gasteiger partial charge in [-0.05, 0) is 0 Å². The SMILES string of the molecule is CC(C)C[O][Zr]([O]CC(C)C)([O]CC(C)C)([C]1=CC=CC1)[Ge]([CH3])([CH3])[CH3]. The molecule has 0 spiro atoms. The molecule has 1 aliphatic carbocycles. The number of rotatable bonds is 11. The molecule has 0 aromatic heterocycles. The number of allylic oxidation sites excluding steroid dienone is 4. The summed E-state index contributed by atoms with van der Waals surface area (Å²) in [6.07, 6.45) is 7.57. The molecule has 0 unspecified atom stereocenters. The monoisotopic (exact) mass is 493 g/mol. The molecule has 0 saturated heterocycles. The van der Waals surface area contributed by atoms with Crippen LogP contribution in [0.3, 0.4) is 0 Å². The van der Waals surface area contributed by atoms with Crippen LogP contribution < -0.4 is 0 Å². The van der Waals surface area contributed by atoms with E-state index in [1.54, 1.807) is 0 Å². The van der Waals surface area contributed by atoms with Crippen LogP contribution in [0, 0.1) is 17.8 Å². The van der Waals surface area contributed by atoms with Crippen molar-refractivity contribution in [1.82, 2.24) is 0 Å². The molecule has 0 saturated carbocycles. The summed E-state index contributed by atoms with van der Waals surface area (Å²) in [6.45, 7) is 15.5. The van der Waals surface area contributed by atoms with Crippen LogP contribution in [0.25, 0.3) is 0 Å². The molecule has 0 amide bonds. The van der Waals surface area contributed by atoms with E-state index in [1.165, 1.54) is 3.28 Å². The van der Waals surface area contributed by atoms with Crippen LogP contribution in [-0.4, -0.2) is 29.3 Å². The summed E-state index contributed by atoms with van der Waals surface area (Å²) in [5.74, 6) is 8.72. The molecule has 5 heteroatoms. The molecule has 0 fully saturated rings. The first-order chi connectivity index (χ1) is 11.4. The van der Waals surface area contributed by atoms with Crippen molar-refractivity contribution in [3.63, 3.8) is 0 Å². The second-order valence-corrected chi connectivity index (χ2v) is 57.5. The van der Waals surface area contributed by atoms with Gasteiger partial charge >= 0.3 is 160 Å². The third kappa shape index (κ3) is 5.41. The van der Waals surface area contributed by atoms with Crippen molar-refractivity contribution in [2.24, 2.45) is 17.8 Å². The molecular formula is C20H41GeO3Zr. The minimum atomic E-state index is -4.49. The van der Waals surface area contributed by atoms with Crippen molar-refractivity contribution < 1.29 is 26.0 Å². The van der Waals surface area contributed by atoms with Crippen LogP contribution in [0.4, 0.5) is 0 Å². The Kier molecular flexibility index (Phi) is 8.88. The third-order valence-electron chi connectivity index (χ3n) is 4.66. The molecule has 1 aliphatic rings. The molecule has 0 aromatic rings. The molecule has 0 radical (unpaired) electrons. The molecule has 0 bridgehead atoms. The van der Waals surface area contributed by atoms with Gasteiger partial charge in [-0.1, -0.05) is 0 Å². The van der Waals surface area contributed by atoms with Gasteiger partial charge in [-0.3, -0.25) is 0 Å². The van der Waals surface area contributed by atoms with Gasteiger partial charge in [-0.25, -0.2) is 0 Å². The molecular weight excluding hydrogens is 452 g/mol. The Morgan fingerprint density at radius 1 is 0.840 bits per heavy atom. The maximum absolute atomic E-state index is 6.97. The van der Waals surface area contributed by atoms with Crippen LogP contribution in [0.15, 0.2) is 21.5 Å². The molecule has 0 N–H and O–H groups in total. The number of hydrogen-bond acceptors (Lipinski definition) is 3. The third-order valence-corrected chi connectivity index (χ3v) is 61.2. The van der Waals surface area contributed by atoms with E-state index in [0.717, 1.165) is 26.2 Å². The van der Waals surface area contributed by atoms with Crippen molar-refractivity contribution in [2.75, 3.05) is 19.8 Å². The van der Waals surface area contributed by atoms with E-state index in [9.17, 15) is 0 Å². The van der Waals surface area contributed by atoms with Gasteiger partial charge in [0.2, 0.25) is 0 Å². The van der Waals surface area contributed by atoms with Gasteiger partial charge < -0.3 is 0 Å². The summed E-state index contributed by atoms with van der Waals surface area (Å²) in [7, 11) is -2.53. The van der Waals surface area contributed by atoms with Gasteiger partial charge in [-0.15, -0.1) is 0 Å². The van der Waals surface area contributed by atoms with Crippen molar-refractivity contribution in [3.05, 3.63) is 21.5 Å². The van der Waals surface area contributed by atoms with Gasteiger partial charge in [0.1, 0.15) is 0 Å². The fraction of sp³-hybridized carbons (Fsp3) is 0.800. The van der Waals surface area contributed by atoms with E-state index >= 15 is 0 Å². The zero-order chi connectivity index (χ0) is 19.3. The molecule has 0 aromatic carbocycles. The summed E-state index contributed by atoms with van der Waals surface area (Å²) >= 11 is -4.49. The average Bonchev–Trinajstić information content (AvgIpc) is 3.00. The van der Waals surface area contributed by atoms with Gasteiger partial charge in [0.15, 0.2) is 0 Å². The Morgan fingerprint density at radius 2 is 1.24 bits per heavy atom. The standard InChI is InChI=1S/C5H5.3C4H9O.C3H9Ge.Zr/c1-2-4-5-3-1;3*1-4(2)3-5;1-4(2)3;/h1-3H,4H2;3*4H,3H2,1-2H3;1-3H3;/q;3*-1;;+3. The second kappa shape index (κ2) is 9.32. The fourth-order valence-corrected chi connectivity index (χ4v) is 51.1. The van der Waals surface area contributed by atoms with Crippen LogP contribution in [0.1, 0.15) is 48.0 Å². The molecule has 0 heterocycles. The first kappa shape index (κ1) is 23.8. The van der Waals surface area contributed by atoms with E-state index in [1.807, 2.05) is 0 Å². The molecule has 3 nitrogen and oxygen atoms in total. The summed E-state index contributed by atoms with van der Waals surface area (Å²) < 4.78 is 22.3. The Morgan fingerprint density at radius 3 is 1.48 bits per heavy atom. The molecule has 25 heavy (non-hydrogen) atoms. The predicted molar refractivity (Wildman–Crippen MR) is 108 cm³/mol. The summed E-state index contributed by atoms with van der Waals surface area (Å²) in [5.41, 5.74) is 0. The normalized spacial score (nSPS) is 17.4. The Balaban J connectivity index is 3.51. The number of hydrogen-bond donors (Lipinski definition) is 0. The van der Waals surface area contributed by atoms with Gasteiger partial charge in [-0.2, -0.15) is 0 Å². The molecule has 0 atom stereocenters. The fourth-order valence-electron chi connectivity index (χ4n) is 3.26. The van der Waals surface area contributed by atoms with Crippen molar-refractivity contribution >= 4 is 9.48 Å². The van der Waals surface area contributed by atoms with Crippen molar-refractivity contribution in [2.45, 2.75) is 65.2 Å². The topological polar surface area (TPSA) is 27.7 Å². The predicted octanol–water partition coefficient (Wildman–Crippen LogP) is 6.12. The second-order valence-electron chi connectivity index (χ2n) is 9.68. The quantitative estimate of drug-likeness (QED) is 0.325.